The molecule has 0 N–H and O–H groups in total. The molecule has 1 aromatic rings. The van der Waals surface area contributed by atoms with Crippen LogP contribution in [0.3, 0.4) is 0 Å². The summed E-state index contributed by atoms with van der Waals surface area (Å²) >= 11 is 0. The van der Waals surface area contributed by atoms with Crippen molar-refractivity contribution in [3.63, 3.8) is 0 Å². The van der Waals surface area contributed by atoms with Gasteiger partial charge in [0, 0.05) is 6.42 Å². The van der Waals surface area contributed by atoms with Crippen LogP contribution < -0.4 is 4.52 Å². The fourth-order valence-corrected chi connectivity index (χ4v) is 2.35. The minimum atomic E-state index is -2.02. The number of rotatable bonds is 3. The fraction of sp³-hybridized carbons (Fsp3) is 0.300. The van der Waals surface area contributed by atoms with Crippen molar-refractivity contribution in [3.05, 3.63) is 30.3 Å². The lowest BCUT2D eigenvalue weighted by atomic mass is 10.3. The highest BCUT2D eigenvalue weighted by molar-refractivity contribution is 7.41. The van der Waals surface area contributed by atoms with Gasteiger partial charge in [-0.3, -0.25) is 4.52 Å². The van der Waals surface area contributed by atoms with E-state index >= 15 is 0 Å². The van der Waals surface area contributed by atoms with Gasteiger partial charge in [-0.15, -0.1) is 0 Å². The van der Waals surface area contributed by atoms with Gasteiger partial charge in [0.25, 0.3) is 5.66 Å². The Hall–Kier alpha value is -1.41. The molecule has 1 aromatic carbocycles. The molecular formula is C10H10O4P+. The van der Waals surface area contributed by atoms with Gasteiger partial charge in [0.05, 0.1) is 6.61 Å². The summed E-state index contributed by atoms with van der Waals surface area (Å²) < 4.78 is 21.5. The molecular weight excluding hydrogens is 215 g/mol. The summed E-state index contributed by atoms with van der Waals surface area (Å²) in [5.41, 5.74) is -0.611. The Morgan fingerprint density at radius 1 is 1.33 bits per heavy atom. The standard InChI is InChI=1S/C10H10O4P/c11-10-9(6-7-13-10)15(12)14-8-4-2-1-3-5-8/h1-5,9H,6-7H2/q+1. The van der Waals surface area contributed by atoms with Gasteiger partial charge in [0.15, 0.2) is 5.75 Å². The molecule has 0 amide bonds. The van der Waals surface area contributed by atoms with Gasteiger partial charge in [0.2, 0.25) is 0 Å². The van der Waals surface area contributed by atoms with E-state index in [0.29, 0.717) is 18.8 Å². The molecule has 0 spiro atoms. The van der Waals surface area contributed by atoms with Crippen LogP contribution in [0.15, 0.2) is 30.3 Å². The summed E-state index contributed by atoms with van der Waals surface area (Å²) in [6.07, 6.45) is 0.473. The van der Waals surface area contributed by atoms with Crippen LogP contribution in [0.2, 0.25) is 0 Å². The number of ether oxygens (including phenoxy) is 1. The van der Waals surface area contributed by atoms with Crippen molar-refractivity contribution in [2.75, 3.05) is 6.61 Å². The molecule has 1 saturated heterocycles. The Bertz CT molecular complexity index is 376. The second-order valence-electron chi connectivity index (χ2n) is 3.16. The van der Waals surface area contributed by atoms with Crippen LogP contribution in [0.25, 0.3) is 0 Å². The van der Waals surface area contributed by atoms with Gasteiger partial charge in [-0.2, -0.15) is 0 Å². The maximum absolute atomic E-state index is 11.7. The average molecular weight is 225 g/mol. The lowest BCUT2D eigenvalue weighted by molar-refractivity contribution is -0.137. The van der Waals surface area contributed by atoms with Gasteiger partial charge < -0.3 is 4.74 Å². The zero-order valence-corrected chi connectivity index (χ0v) is 8.85. The summed E-state index contributed by atoms with van der Waals surface area (Å²) in [7, 11) is -2.02. The van der Waals surface area contributed by atoms with Crippen molar-refractivity contribution in [2.24, 2.45) is 0 Å². The predicted octanol–water partition coefficient (Wildman–Crippen LogP) is 2.12. The van der Waals surface area contributed by atoms with E-state index in [2.05, 4.69) is 0 Å². The van der Waals surface area contributed by atoms with Gasteiger partial charge in [-0.25, -0.2) is 4.79 Å². The van der Waals surface area contributed by atoms with E-state index in [9.17, 15) is 9.36 Å². The highest BCUT2D eigenvalue weighted by Crippen LogP contribution is 2.36. The smallest absolute Gasteiger partial charge is 0.462 e. The Labute approximate surface area is 88.1 Å². The van der Waals surface area contributed by atoms with E-state index in [1.165, 1.54) is 0 Å². The second kappa shape index (κ2) is 4.41. The molecule has 4 nitrogen and oxygen atoms in total. The van der Waals surface area contributed by atoms with Gasteiger partial charge >= 0.3 is 14.0 Å². The highest BCUT2D eigenvalue weighted by atomic mass is 31.1. The van der Waals surface area contributed by atoms with Crippen molar-refractivity contribution in [2.45, 2.75) is 12.1 Å². The molecule has 2 unspecified atom stereocenters. The average Bonchev–Trinajstić information content (AvgIpc) is 2.66. The van der Waals surface area contributed by atoms with Crippen LogP contribution in [0.1, 0.15) is 6.42 Å². The molecule has 1 aliphatic heterocycles. The summed E-state index contributed by atoms with van der Waals surface area (Å²) in [5.74, 6) is 0.0883. The van der Waals surface area contributed by atoms with Gasteiger partial charge in [-0.1, -0.05) is 18.2 Å². The molecule has 0 aromatic heterocycles. The largest absolute Gasteiger partial charge is 0.571 e. The minimum Gasteiger partial charge on any atom is -0.462 e. The van der Waals surface area contributed by atoms with Crippen LogP contribution in [-0.2, 0) is 14.1 Å². The first kappa shape index (κ1) is 10.1. The van der Waals surface area contributed by atoms with E-state index in [1.807, 2.05) is 6.07 Å². The number of carbonyl (C=O) groups excluding carboxylic acids is 1. The number of hydrogen-bond acceptors (Lipinski definition) is 4. The fourth-order valence-electron chi connectivity index (χ4n) is 1.33. The Balaban J connectivity index is 2.01. The first-order chi connectivity index (χ1) is 7.27. The maximum atomic E-state index is 11.7. The zero-order chi connectivity index (χ0) is 10.7. The number of benzene rings is 1. The van der Waals surface area contributed by atoms with E-state index in [-0.39, 0.29) is 0 Å². The summed E-state index contributed by atoms with van der Waals surface area (Å²) in [6, 6.07) is 8.81. The molecule has 1 aliphatic rings. The molecule has 1 heterocycles. The second-order valence-corrected chi connectivity index (χ2v) is 4.54. The van der Waals surface area contributed by atoms with Gasteiger partial charge in [-0.05, 0) is 16.7 Å². The summed E-state index contributed by atoms with van der Waals surface area (Å²) in [4.78, 5) is 11.1. The number of carbonyl (C=O) groups is 1. The van der Waals surface area contributed by atoms with Crippen molar-refractivity contribution in [3.8, 4) is 5.75 Å². The molecule has 5 heteroatoms. The van der Waals surface area contributed by atoms with Crippen LogP contribution in [0, 0.1) is 0 Å². The maximum Gasteiger partial charge on any atom is 0.571 e. The van der Waals surface area contributed by atoms with Crippen LogP contribution >= 0.6 is 8.03 Å². The third kappa shape index (κ3) is 2.34. The third-order valence-electron chi connectivity index (χ3n) is 2.10. The van der Waals surface area contributed by atoms with E-state index < -0.39 is 19.7 Å². The molecule has 15 heavy (non-hydrogen) atoms. The van der Waals surface area contributed by atoms with Crippen molar-refractivity contribution in [1.29, 1.82) is 0 Å². The molecule has 0 aliphatic carbocycles. The number of cyclic esters (lactones) is 1. The molecule has 0 saturated carbocycles. The first-order valence-corrected chi connectivity index (χ1v) is 5.88. The van der Waals surface area contributed by atoms with E-state index in [1.54, 1.807) is 24.3 Å². The van der Waals surface area contributed by atoms with E-state index in [0.717, 1.165) is 0 Å². The predicted molar refractivity (Wildman–Crippen MR) is 54.0 cm³/mol. The molecule has 2 atom stereocenters. The van der Waals surface area contributed by atoms with Gasteiger partial charge in [0.1, 0.15) is 0 Å². The lowest BCUT2D eigenvalue weighted by Gasteiger charge is -1.94. The monoisotopic (exact) mass is 225 g/mol. The molecule has 0 radical (unpaired) electrons. The molecule has 1 fully saturated rings. The Morgan fingerprint density at radius 2 is 2.07 bits per heavy atom. The van der Waals surface area contributed by atoms with Crippen LogP contribution in [0.4, 0.5) is 0 Å². The van der Waals surface area contributed by atoms with Crippen molar-refractivity contribution >= 4 is 14.0 Å². The van der Waals surface area contributed by atoms with Crippen LogP contribution in [-0.4, -0.2) is 18.2 Å². The summed E-state index contributed by atoms with van der Waals surface area (Å²) in [6.45, 7) is 0.336. The minimum absolute atomic E-state index is 0.336. The SMILES string of the molecule is O=C1OCCC1[P+](=O)Oc1ccccc1. The number of esters is 1. The number of para-hydroxylation sites is 1. The van der Waals surface area contributed by atoms with E-state index in [4.69, 9.17) is 9.26 Å². The quantitative estimate of drug-likeness (QED) is 0.584. The zero-order valence-electron chi connectivity index (χ0n) is 7.96. The Morgan fingerprint density at radius 3 is 2.67 bits per heavy atom. The van der Waals surface area contributed by atoms with Crippen LogP contribution in [0.5, 0.6) is 5.75 Å². The summed E-state index contributed by atoms with van der Waals surface area (Å²) in [5, 5.41) is 0. The molecule has 78 valence electrons. The first-order valence-electron chi connectivity index (χ1n) is 4.63. The molecule has 0 bridgehead atoms. The lowest BCUT2D eigenvalue weighted by Crippen LogP contribution is -2.11. The Kier molecular flexibility index (Phi) is 2.97. The normalized spacial score (nSPS) is 20.9. The van der Waals surface area contributed by atoms with Crippen molar-refractivity contribution in [1.82, 2.24) is 0 Å². The van der Waals surface area contributed by atoms with Crippen molar-refractivity contribution < 1.29 is 18.6 Å². The topological polar surface area (TPSA) is 52.6 Å². The number of hydrogen-bond donors (Lipinski definition) is 0. The highest BCUT2D eigenvalue weighted by Gasteiger charge is 2.46. The molecule has 2 rings (SSSR count). The third-order valence-corrected chi connectivity index (χ3v) is 3.47.